The van der Waals surface area contributed by atoms with Crippen LogP contribution in [-0.4, -0.2) is 70.4 Å². The van der Waals surface area contributed by atoms with Gasteiger partial charge in [0.05, 0.1) is 19.9 Å². The molecule has 0 unspecified atom stereocenters. The lowest BCUT2D eigenvalue weighted by Crippen LogP contribution is -2.50. The van der Waals surface area contributed by atoms with Crippen LogP contribution in [0.4, 0.5) is 5.69 Å². The summed E-state index contributed by atoms with van der Waals surface area (Å²) >= 11 is 0. The lowest BCUT2D eigenvalue weighted by Gasteiger charge is -2.36. The third-order valence-electron chi connectivity index (χ3n) is 6.07. The van der Waals surface area contributed by atoms with Crippen LogP contribution in [0.5, 0.6) is 23.1 Å². The van der Waals surface area contributed by atoms with Gasteiger partial charge in [-0.25, -0.2) is 18.9 Å². The number of fused-ring (bicyclic) bond motifs is 1. The van der Waals surface area contributed by atoms with Crippen molar-refractivity contribution in [2.45, 2.75) is 6.54 Å². The Hall–Kier alpha value is -4.54. The number of ether oxygens (including phenoxy) is 3. The van der Waals surface area contributed by atoms with Crippen molar-refractivity contribution in [3.63, 3.8) is 0 Å². The molecular weight excluding hydrogens is 464 g/mol. The van der Waals surface area contributed by atoms with Gasteiger partial charge in [0.1, 0.15) is 23.8 Å². The van der Waals surface area contributed by atoms with E-state index in [1.807, 2.05) is 24.3 Å². The van der Waals surface area contributed by atoms with Crippen LogP contribution in [0.25, 0.3) is 5.65 Å². The minimum Gasteiger partial charge on any atom is -0.497 e. The van der Waals surface area contributed by atoms with Gasteiger partial charge in [0.25, 0.3) is 5.88 Å². The fourth-order valence-electron chi connectivity index (χ4n) is 4.19. The molecule has 0 bridgehead atoms. The first kappa shape index (κ1) is 23.2. The summed E-state index contributed by atoms with van der Waals surface area (Å²) in [6.07, 6.45) is 2.95. The predicted octanol–water partition coefficient (Wildman–Crippen LogP) is 2.05. The van der Waals surface area contributed by atoms with Gasteiger partial charge in [-0.05, 0) is 24.3 Å². The molecule has 0 aliphatic carbocycles. The number of methoxy groups -OCH3 is 2. The first-order valence-electron chi connectivity index (χ1n) is 11.5. The second-order valence-electron chi connectivity index (χ2n) is 8.19. The highest BCUT2D eigenvalue weighted by Crippen LogP contribution is 2.28. The Labute approximate surface area is 207 Å². The minimum atomic E-state index is -0.441. The third-order valence-corrected chi connectivity index (χ3v) is 6.07. The van der Waals surface area contributed by atoms with E-state index in [9.17, 15) is 9.59 Å². The summed E-state index contributed by atoms with van der Waals surface area (Å²) in [5, 5.41) is 4.34. The molecule has 4 aromatic rings. The molecule has 5 rings (SSSR count). The van der Waals surface area contributed by atoms with Crippen LogP contribution in [0.15, 0.2) is 65.7 Å². The molecule has 1 aliphatic heterocycles. The number of anilines is 1. The van der Waals surface area contributed by atoms with Gasteiger partial charge in [0, 0.05) is 44.6 Å². The molecule has 0 saturated carbocycles. The molecule has 3 heterocycles. The Morgan fingerprint density at radius 1 is 0.972 bits per heavy atom. The van der Waals surface area contributed by atoms with Crippen molar-refractivity contribution in [3.8, 4) is 23.1 Å². The molecule has 2 aromatic heterocycles. The maximum Gasteiger partial charge on any atom is 0.351 e. The summed E-state index contributed by atoms with van der Waals surface area (Å²) in [5.41, 5.74) is 0.780. The van der Waals surface area contributed by atoms with Crippen molar-refractivity contribution >= 4 is 17.2 Å². The molecule has 0 N–H and O–H groups in total. The molecular formula is C25H26N6O5. The van der Waals surface area contributed by atoms with Crippen LogP contribution in [0, 0.1) is 0 Å². The van der Waals surface area contributed by atoms with Crippen LogP contribution in [-0.2, 0) is 11.3 Å². The Morgan fingerprint density at radius 3 is 2.53 bits per heavy atom. The van der Waals surface area contributed by atoms with Gasteiger partial charge in [-0.1, -0.05) is 18.2 Å². The number of hydrogen-bond donors (Lipinski definition) is 0. The Bertz CT molecular complexity index is 1440. The molecule has 36 heavy (non-hydrogen) atoms. The molecule has 1 saturated heterocycles. The largest absolute Gasteiger partial charge is 0.497 e. The number of nitrogens with zero attached hydrogens (tertiary/aromatic N) is 6. The number of carbonyl (C=O) groups is 1. The van der Waals surface area contributed by atoms with E-state index >= 15 is 0 Å². The van der Waals surface area contributed by atoms with Crippen LogP contribution in [0.2, 0.25) is 0 Å². The van der Waals surface area contributed by atoms with Crippen molar-refractivity contribution in [2.24, 2.45) is 0 Å². The lowest BCUT2D eigenvalue weighted by atomic mass is 10.2. The fraction of sp³-hybridized carbons (Fsp3) is 0.280. The second kappa shape index (κ2) is 9.98. The van der Waals surface area contributed by atoms with Crippen molar-refractivity contribution in [3.05, 3.63) is 71.4 Å². The number of aromatic nitrogens is 4. The van der Waals surface area contributed by atoms with E-state index in [0.717, 1.165) is 16.1 Å². The molecule has 1 fully saturated rings. The normalized spacial score (nSPS) is 13.6. The van der Waals surface area contributed by atoms with E-state index in [0.29, 0.717) is 37.7 Å². The summed E-state index contributed by atoms with van der Waals surface area (Å²) in [5.74, 6) is 1.89. The fourth-order valence-corrected chi connectivity index (χ4v) is 4.19. The second-order valence-corrected chi connectivity index (χ2v) is 8.19. The van der Waals surface area contributed by atoms with Gasteiger partial charge in [-0.15, -0.1) is 5.10 Å². The Kier molecular flexibility index (Phi) is 6.44. The third kappa shape index (κ3) is 4.54. The smallest absolute Gasteiger partial charge is 0.351 e. The van der Waals surface area contributed by atoms with E-state index in [2.05, 4.69) is 15.0 Å². The van der Waals surface area contributed by atoms with Crippen molar-refractivity contribution in [1.82, 2.24) is 24.1 Å². The van der Waals surface area contributed by atoms with Gasteiger partial charge in [-0.2, -0.15) is 0 Å². The molecule has 11 heteroatoms. The number of piperazine rings is 1. The van der Waals surface area contributed by atoms with Gasteiger partial charge >= 0.3 is 5.69 Å². The Balaban J connectivity index is 1.29. The zero-order valence-corrected chi connectivity index (χ0v) is 20.0. The summed E-state index contributed by atoms with van der Waals surface area (Å²) in [7, 11) is 3.21. The van der Waals surface area contributed by atoms with Crippen LogP contribution >= 0.6 is 0 Å². The van der Waals surface area contributed by atoms with E-state index in [4.69, 9.17) is 14.2 Å². The zero-order valence-electron chi connectivity index (χ0n) is 20.0. The number of carbonyl (C=O) groups excluding carboxylic acids is 1. The number of hydrogen-bond acceptors (Lipinski definition) is 8. The van der Waals surface area contributed by atoms with Gasteiger partial charge in [-0.3, -0.25) is 4.79 Å². The maximum atomic E-state index is 13.0. The van der Waals surface area contributed by atoms with Gasteiger partial charge in [0.2, 0.25) is 11.6 Å². The average Bonchev–Trinajstić information content (AvgIpc) is 3.24. The van der Waals surface area contributed by atoms with Crippen LogP contribution in [0.3, 0.4) is 0 Å². The highest BCUT2D eigenvalue weighted by molar-refractivity contribution is 5.76. The minimum absolute atomic E-state index is 0.152. The quantitative estimate of drug-likeness (QED) is 0.388. The summed E-state index contributed by atoms with van der Waals surface area (Å²) in [6, 6.07) is 14.8. The molecule has 11 nitrogen and oxygen atoms in total. The maximum absolute atomic E-state index is 13.0. The molecule has 0 atom stereocenters. The van der Waals surface area contributed by atoms with Crippen LogP contribution < -0.4 is 24.8 Å². The molecule has 2 aromatic carbocycles. The Morgan fingerprint density at radius 2 is 1.75 bits per heavy atom. The number of benzene rings is 2. The molecule has 0 spiro atoms. The molecule has 0 radical (unpaired) electrons. The van der Waals surface area contributed by atoms with E-state index in [1.165, 1.54) is 16.8 Å². The van der Waals surface area contributed by atoms with Crippen molar-refractivity contribution < 1.29 is 19.0 Å². The lowest BCUT2D eigenvalue weighted by molar-refractivity contribution is -0.132. The van der Waals surface area contributed by atoms with E-state index < -0.39 is 5.69 Å². The van der Waals surface area contributed by atoms with E-state index in [-0.39, 0.29) is 24.0 Å². The highest BCUT2D eigenvalue weighted by atomic mass is 16.5. The summed E-state index contributed by atoms with van der Waals surface area (Å²) < 4.78 is 19.0. The number of para-hydroxylation sites is 2. The highest BCUT2D eigenvalue weighted by Gasteiger charge is 2.24. The number of amides is 1. The predicted molar refractivity (Wildman–Crippen MR) is 132 cm³/mol. The summed E-state index contributed by atoms with van der Waals surface area (Å²) in [4.78, 5) is 34.1. The molecule has 186 valence electrons. The van der Waals surface area contributed by atoms with Crippen molar-refractivity contribution in [2.75, 3.05) is 45.3 Å². The first-order valence-corrected chi connectivity index (χ1v) is 11.5. The standard InChI is InChI=1S/C25H26N6O5/c1-34-18-6-5-7-19(16-18)36-24-23-27-31(25(33)30(23)11-10-26-24)17-22(32)29-14-12-28(13-15-29)20-8-3-4-9-21(20)35-2/h3-11,16H,12-15,17H2,1-2H3. The number of rotatable bonds is 7. The van der Waals surface area contributed by atoms with Crippen molar-refractivity contribution in [1.29, 1.82) is 0 Å². The van der Waals surface area contributed by atoms with Gasteiger partial charge in [0.15, 0.2) is 0 Å². The first-order chi connectivity index (χ1) is 17.6. The topological polar surface area (TPSA) is 103 Å². The van der Waals surface area contributed by atoms with Crippen LogP contribution in [0.1, 0.15) is 0 Å². The summed E-state index contributed by atoms with van der Waals surface area (Å²) in [6.45, 7) is 2.21. The average molecular weight is 491 g/mol. The zero-order chi connectivity index (χ0) is 25.1. The van der Waals surface area contributed by atoms with E-state index in [1.54, 1.807) is 43.4 Å². The monoisotopic (exact) mass is 490 g/mol. The molecule has 1 amide bonds. The SMILES string of the molecule is COc1cccc(Oc2nccn3c(=O)n(CC(=O)N4CCN(c5ccccc5OC)CC4)nc23)c1. The van der Waals surface area contributed by atoms with Gasteiger partial charge < -0.3 is 24.0 Å². The molecule has 1 aliphatic rings.